The molecular formula is C28H26N2O5. The van der Waals surface area contributed by atoms with Crippen molar-refractivity contribution in [2.24, 2.45) is 0 Å². The Morgan fingerprint density at radius 3 is 1.94 bits per heavy atom. The van der Waals surface area contributed by atoms with Crippen molar-refractivity contribution in [2.75, 3.05) is 12.0 Å². The molecule has 0 aliphatic heterocycles. The second kappa shape index (κ2) is 9.85. The number of amides is 2. The number of anilines is 1. The van der Waals surface area contributed by atoms with Crippen LogP contribution >= 0.6 is 0 Å². The van der Waals surface area contributed by atoms with Gasteiger partial charge in [-0.15, -0.1) is 0 Å². The van der Waals surface area contributed by atoms with Crippen LogP contribution in [-0.4, -0.2) is 29.7 Å². The molecule has 0 unspecified atom stereocenters. The first-order valence-electron chi connectivity index (χ1n) is 11.1. The molecule has 0 spiro atoms. The molecule has 7 nitrogen and oxygen atoms in total. The van der Waals surface area contributed by atoms with E-state index in [-0.39, 0.29) is 17.3 Å². The molecule has 0 aliphatic rings. The smallest absolute Gasteiger partial charge is 0.424 e. The summed E-state index contributed by atoms with van der Waals surface area (Å²) >= 11 is 0. The van der Waals surface area contributed by atoms with Crippen molar-refractivity contribution in [2.45, 2.75) is 26.4 Å². The van der Waals surface area contributed by atoms with Gasteiger partial charge in [-0.25, -0.2) is 9.78 Å². The molecule has 0 saturated heterocycles. The third-order valence-corrected chi connectivity index (χ3v) is 5.00. The van der Waals surface area contributed by atoms with Crippen LogP contribution in [0.25, 0.3) is 22.7 Å². The van der Waals surface area contributed by atoms with E-state index in [1.807, 2.05) is 60.7 Å². The largest absolute Gasteiger partial charge is 0.497 e. The molecule has 0 saturated carbocycles. The number of carbonyl (C=O) groups excluding carboxylic acids is 2. The van der Waals surface area contributed by atoms with E-state index in [0.29, 0.717) is 22.6 Å². The lowest BCUT2D eigenvalue weighted by Gasteiger charge is -2.25. The van der Waals surface area contributed by atoms with Crippen LogP contribution in [0, 0.1) is 0 Å². The number of carbonyl (C=O) groups is 2. The van der Waals surface area contributed by atoms with E-state index in [0.717, 1.165) is 4.90 Å². The van der Waals surface area contributed by atoms with Crippen LogP contribution in [0.5, 0.6) is 5.75 Å². The molecule has 1 aromatic heterocycles. The molecule has 7 heteroatoms. The quantitative estimate of drug-likeness (QED) is 0.327. The maximum atomic E-state index is 13.7. The molecule has 4 aromatic rings. The molecule has 0 aliphatic carbocycles. The summed E-state index contributed by atoms with van der Waals surface area (Å²) in [5.74, 6) is 0.219. The van der Waals surface area contributed by atoms with E-state index in [1.165, 1.54) is 7.11 Å². The summed E-state index contributed by atoms with van der Waals surface area (Å²) in [6.07, 6.45) is -0.869. The Bertz CT molecular complexity index is 1310. The molecule has 35 heavy (non-hydrogen) atoms. The van der Waals surface area contributed by atoms with Crippen LogP contribution in [0.3, 0.4) is 0 Å². The maximum Gasteiger partial charge on any atom is 0.424 e. The summed E-state index contributed by atoms with van der Waals surface area (Å²) in [5.41, 5.74) is 1.15. The molecule has 2 amide bonds. The molecular weight excluding hydrogens is 444 g/mol. The third-order valence-electron chi connectivity index (χ3n) is 5.00. The van der Waals surface area contributed by atoms with E-state index in [9.17, 15) is 9.59 Å². The Balaban J connectivity index is 1.89. The van der Waals surface area contributed by atoms with Crippen LogP contribution in [0.2, 0.25) is 0 Å². The zero-order valence-electron chi connectivity index (χ0n) is 20.0. The first kappa shape index (κ1) is 23.8. The predicted octanol–water partition coefficient (Wildman–Crippen LogP) is 6.60. The second-order valence-corrected chi connectivity index (χ2v) is 8.75. The van der Waals surface area contributed by atoms with Crippen molar-refractivity contribution < 1.29 is 23.5 Å². The average Bonchev–Trinajstić information content (AvgIpc) is 3.29. The number of hydrogen-bond acceptors (Lipinski definition) is 6. The van der Waals surface area contributed by atoms with Gasteiger partial charge in [0.05, 0.1) is 7.11 Å². The van der Waals surface area contributed by atoms with Gasteiger partial charge in [-0.2, -0.15) is 4.90 Å². The highest BCUT2D eigenvalue weighted by molar-refractivity contribution is 6.19. The number of rotatable bonds is 5. The minimum Gasteiger partial charge on any atom is -0.497 e. The summed E-state index contributed by atoms with van der Waals surface area (Å²) in [7, 11) is 1.54. The fraction of sp³-hybridized carbons (Fsp3) is 0.179. The molecule has 3 aromatic carbocycles. The fourth-order valence-corrected chi connectivity index (χ4v) is 3.38. The van der Waals surface area contributed by atoms with Gasteiger partial charge in [0.15, 0.2) is 0 Å². The Morgan fingerprint density at radius 2 is 1.40 bits per heavy atom. The van der Waals surface area contributed by atoms with Gasteiger partial charge >= 0.3 is 6.09 Å². The van der Waals surface area contributed by atoms with Crippen molar-refractivity contribution in [1.82, 2.24) is 4.98 Å². The van der Waals surface area contributed by atoms with Crippen molar-refractivity contribution in [3.05, 3.63) is 90.5 Å². The Morgan fingerprint density at radius 1 is 0.829 bits per heavy atom. The number of nitrogens with zero attached hydrogens (tertiary/aromatic N) is 2. The summed E-state index contributed by atoms with van der Waals surface area (Å²) in [6.45, 7) is 5.19. The molecule has 0 atom stereocenters. The second-order valence-electron chi connectivity index (χ2n) is 8.75. The Hall–Kier alpha value is -4.39. The van der Waals surface area contributed by atoms with Gasteiger partial charge in [0.2, 0.25) is 11.8 Å². The lowest BCUT2D eigenvalue weighted by Crippen LogP contribution is -2.41. The molecule has 178 valence electrons. The zero-order valence-corrected chi connectivity index (χ0v) is 20.0. The SMILES string of the molecule is COc1ccc(C(=O)N(C(=O)OC(C)(C)C)c2oc(-c3ccccc3)nc2-c2ccccc2)cc1. The highest BCUT2D eigenvalue weighted by Gasteiger charge is 2.35. The van der Waals surface area contributed by atoms with Crippen molar-refractivity contribution in [1.29, 1.82) is 0 Å². The van der Waals surface area contributed by atoms with E-state index in [2.05, 4.69) is 4.98 Å². The van der Waals surface area contributed by atoms with Gasteiger partial charge in [0.25, 0.3) is 5.91 Å². The highest BCUT2D eigenvalue weighted by atomic mass is 16.6. The number of ether oxygens (including phenoxy) is 2. The van der Waals surface area contributed by atoms with Crippen LogP contribution in [0.4, 0.5) is 10.7 Å². The van der Waals surface area contributed by atoms with Gasteiger partial charge in [-0.3, -0.25) is 4.79 Å². The summed E-state index contributed by atoms with van der Waals surface area (Å²) in [6, 6.07) is 25.0. The lowest BCUT2D eigenvalue weighted by molar-refractivity contribution is 0.0558. The van der Waals surface area contributed by atoms with Crippen LogP contribution in [0.15, 0.2) is 89.3 Å². The topological polar surface area (TPSA) is 81.9 Å². The maximum absolute atomic E-state index is 13.7. The average molecular weight is 471 g/mol. The van der Waals surface area contributed by atoms with Gasteiger partial charge in [-0.05, 0) is 57.2 Å². The minimum atomic E-state index is -0.869. The minimum absolute atomic E-state index is 0.0230. The number of hydrogen-bond donors (Lipinski definition) is 0. The van der Waals surface area contributed by atoms with Crippen molar-refractivity contribution in [3.63, 3.8) is 0 Å². The Labute approximate surface area is 203 Å². The molecule has 4 rings (SSSR count). The number of benzene rings is 3. The van der Waals surface area contributed by atoms with Crippen LogP contribution < -0.4 is 9.64 Å². The third kappa shape index (κ3) is 5.41. The van der Waals surface area contributed by atoms with Crippen molar-refractivity contribution >= 4 is 17.9 Å². The van der Waals surface area contributed by atoms with Crippen LogP contribution in [0.1, 0.15) is 31.1 Å². The molecule has 0 radical (unpaired) electrons. The van der Waals surface area contributed by atoms with Gasteiger partial charge in [0, 0.05) is 16.7 Å². The standard InChI is InChI=1S/C28H26N2O5/c1-28(2,3)35-27(32)30(25(31)21-15-17-22(33-4)18-16-21)26-23(19-11-7-5-8-12-19)29-24(34-26)20-13-9-6-10-14-20/h5-18H,1-4H3. The van der Waals surface area contributed by atoms with Gasteiger partial charge in [0.1, 0.15) is 17.0 Å². The fourth-order valence-electron chi connectivity index (χ4n) is 3.38. The molecule has 1 heterocycles. The van der Waals surface area contributed by atoms with E-state index >= 15 is 0 Å². The predicted molar refractivity (Wildman–Crippen MR) is 133 cm³/mol. The first-order chi connectivity index (χ1) is 16.8. The number of oxazole rings is 1. The highest BCUT2D eigenvalue weighted by Crippen LogP contribution is 2.37. The van der Waals surface area contributed by atoms with E-state index < -0.39 is 17.6 Å². The zero-order chi connectivity index (χ0) is 25.0. The summed E-state index contributed by atoms with van der Waals surface area (Å²) < 4.78 is 16.9. The van der Waals surface area contributed by atoms with E-state index in [4.69, 9.17) is 13.9 Å². The molecule has 0 N–H and O–H groups in total. The van der Waals surface area contributed by atoms with Gasteiger partial charge in [-0.1, -0.05) is 48.5 Å². The van der Waals surface area contributed by atoms with Crippen LogP contribution in [-0.2, 0) is 4.74 Å². The molecule has 0 bridgehead atoms. The number of methoxy groups -OCH3 is 1. The number of imide groups is 1. The lowest BCUT2D eigenvalue weighted by atomic mass is 10.1. The van der Waals surface area contributed by atoms with E-state index in [1.54, 1.807) is 45.0 Å². The summed E-state index contributed by atoms with van der Waals surface area (Å²) in [5, 5.41) is 0. The Kier molecular flexibility index (Phi) is 6.68. The normalized spacial score (nSPS) is 11.1. The monoisotopic (exact) mass is 470 g/mol. The summed E-state index contributed by atoms with van der Waals surface area (Å²) in [4.78, 5) is 32.7. The van der Waals surface area contributed by atoms with Gasteiger partial charge < -0.3 is 13.9 Å². The number of aromatic nitrogens is 1. The first-order valence-corrected chi connectivity index (χ1v) is 11.1. The molecule has 0 fully saturated rings. The van der Waals surface area contributed by atoms with Crippen molar-refractivity contribution in [3.8, 4) is 28.5 Å².